The van der Waals surface area contributed by atoms with Gasteiger partial charge in [-0.2, -0.15) is 5.10 Å². The van der Waals surface area contributed by atoms with E-state index in [1.54, 1.807) is 17.1 Å². The molecule has 1 aromatic carbocycles. The SMILES string of the molecule is CCC(=O)N1N=C2C3CCN(CC3)[C@@H]2[C@H]1c1cccc(F)c1. The van der Waals surface area contributed by atoms with Crippen LogP contribution in [0.3, 0.4) is 0 Å². The van der Waals surface area contributed by atoms with Gasteiger partial charge in [-0.05, 0) is 43.6 Å². The summed E-state index contributed by atoms with van der Waals surface area (Å²) in [6.45, 7) is 3.95. The van der Waals surface area contributed by atoms with E-state index < -0.39 is 0 Å². The molecule has 4 heterocycles. The monoisotopic (exact) mass is 301 g/mol. The molecule has 22 heavy (non-hydrogen) atoms. The fourth-order valence-electron chi connectivity index (χ4n) is 4.11. The van der Waals surface area contributed by atoms with Gasteiger partial charge in [0, 0.05) is 12.3 Å². The zero-order valence-electron chi connectivity index (χ0n) is 12.7. The predicted molar refractivity (Wildman–Crippen MR) is 81.8 cm³/mol. The van der Waals surface area contributed by atoms with Crippen molar-refractivity contribution >= 4 is 11.6 Å². The van der Waals surface area contributed by atoms with Crippen LogP contribution in [0.25, 0.3) is 0 Å². The normalized spacial score (nSPS) is 32.8. The Morgan fingerprint density at radius 2 is 2.09 bits per heavy atom. The van der Waals surface area contributed by atoms with Crippen molar-refractivity contribution in [1.82, 2.24) is 9.91 Å². The molecule has 0 N–H and O–H groups in total. The van der Waals surface area contributed by atoms with E-state index in [0.29, 0.717) is 12.3 Å². The molecular formula is C17H20FN3O. The van der Waals surface area contributed by atoms with E-state index in [4.69, 9.17) is 0 Å². The fraction of sp³-hybridized carbons (Fsp3) is 0.529. The van der Waals surface area contributed by atoms with E-state index in [2.05, 4.69) is 10.0 Å². The van der Waals surface area contributed by atoms with Gasteiger partial charge in [-0.25, -0.2) is 9.40 Å². The molecule has 1 aromatic rings. The van der Waals surface area contributed by atoms with Crippen molar-refractivity contribution in [2.24, 2.45) is 11.0 Å². The highest BCUT2D eigenvalue weighted by atomic mass is 19.1. The van der Waals surface area contributed by atoms with Gasteiger partial charge in [-0.3, -0.25) is 9.69 Å². The van der Waals surface area contributed by atoms with Crippen LogP contribution in [0, 0.1) is 11.7 Å². The maximum Gasteiger partial charge on any atom is 0.243 e. The van der Waals surface area contributed by atoms with Gasteiger partial charge >= 0.3 is 0 Å². The molecule has 2 bridgehead atoms. The Morgan fingerprint density at radius 3 is 2.77 bits per heavy atom. The lowest BCUT2D eigenvalue weighted by atomic mass is 9.78. The largest absolute Gasteiger partial charge is 0.293 e. The molecule has 5 heteroatoms. The van der Waals surface area contributed by atoms with Gasteiger partial charge in [-0.1, -0.05) is 19.1 Å². The number of hydrogen-bond acceptors (Lipinski definition) is 3. The Balaban J connectivity index is 1.78. The average Bonchev–Trinajstić information content (AvgIpc) is 2.97. The quantitative estimate of drug-likeness (QED) is 0.841. The Kier molecular flexibility index (Phi) is 3.26. The summed E-state index contributed by atoms with van der Waals surface area (Å²) >= 11 is 0. The third-order valence-electron chi connectivity index (χ3n) is 5.18. The Hall–Kier alpha value is -1.75. The second-order valence-corrected chi connectivity index (χ2v) is 6.37. The van der Waals surface area contributed by atoms with Crippen LogP contribution < -0.4 is 0 Å². The summed E-state index contributed by atoms with van der Waals surface area (Å²) in [5.74, 6) is 0.239. The number of benzene rings is 1. The van der Waals surface area contributed by atoms with E-state index >= 15 is 0 Å². The number of carbonyl (C=O) groups is 1. The highest BCUT2D eigenvalue weighted by Gasteiger charge is 2.50. The van der Waals surface area contributed by atoms with E-state index in [-0.39, 0.29) is 23.8 Å². The third kappa shape index (κ3) is 1.99. The topological polar surface area (TPSA) is 35.9 Å². The van der Waals surface area contributed by atoms with Crippen LogP contribution in [0.2, 0.25) is 0 Å². The van der Waals surface area contributed by atoms with Crippen LogP contribution in [0.5, 0.6) is 0 Å². The molecule has 3 fully saturated rings. The maximum atomic E-state index is 13.7. The van der Waals surface area contributed by atoms with Gasteiger partial charge in [0.1, 0.15) is 11.9 Å². The third-order valence-corrected chi connectivity index (χ3v) is 5.18. The predicted octanol–water partition coefficient (Wildman–Crippen LogP) is 2.57. The molecule has 0 spiro atoms. The summed E-state index contributed by atoms with van der Waals surface area (Å²) < 4.78 is 13.7. The van der Waals surface area contributed by atoms with Gasteiger partial charge in [0.25, 0.3) is 0 Å². The smallest absolute Gasteiger partial charge is 0.243 e. The molecule has 4 aliphatic rings. The first kappa shape index (κ1) is 13.9. The number of halogens is 1. The van der Waals surface area contributed by atoms with Crippen LogP contribution in [0.4, 0.5) is 4.39 Å². The first-order valence-corrected chi connectivity index (χ1v) is 8.09. The average molecular weight is 301 g/mol. The van der Waals surface area contributed by atoms with Crippen molar-refractivity contribution in [3.8, 4) is 0 Å². The lowest BCUT2D eigenvalue weighted by Crippen LogP contribution is -2.56. The fourth-order valence-corrected chi connectivity index (χ4v) is 4.11. The molecule has 4 aliphatic heterocycles. The molecule has 0 unspecified atom stereocenters. The number of piperidine rings is 3. The second kappa shape index (κ2) is 5.16. The van der Waals surface area contributed by atoms with E-state index in [1.807, 2.05) is 13.0 Å². The number of amides is 1. The summed E-state index contributed by atoms with van der Waals surface area (Å²) in [4.78, 5) is 14.8. The van der Waals surface area contributed by atoms with Gasteiger partial charge < -0.3 is 0 Å². The molecule has 3 saturated heterocycles. The van der Waals surface area contributed by atoms with Gasteiger partial charge in [0.15, 0.2) is 0 Å². The van der Waals surface area contributed by atoms with Crippen LogP contribution in [-0.4, -0.2) is 40.7 Å². The molecule has 2 atom stereocenters. The number of fused-ring (bicyclic) bond motifs is 2. The molecule has 0 aromatic heterocycles. The molecule has 0 aliphatic carbocycles. The summed E-state index contributed by atoms with van der Waals surface area (Å²) in [7, 11) is 0. The molecular weight excluding hydrogens is 281 g/mol. The van der Waals surface area contributed by atoms with E-state index in [9.17, 15) is 9.18 Å². The minimum absolute atomic E-state index is 0.0109. The van der Waals surface area contributed by atoms with Crippen LogP contribution >= 0.6 is 0 Å². The van der Waals surface area contributed by atoms with Crippen LogP contribution in [0.15, 0.2) is 29.4 Å². The number of hydrogen-bond donors (Lipinski definition) is 0. The number of rotatable bonds is 2. The van der Waals surface area contributed by atoms with E-state index in [0.717, 1.165) is 37.2 Å². The standard InChI is InChI=1S/C17H20FN3O/c1-2-14(22)21-16(12-4-3-5-13(18)10-12)17-15(19-21)11-6-8-20(17)9-7-11/h3-5,10-11,16-17H,2,6-9H2,1H3/t16-,17+/m1/s1. The molecule has 5 rings (SSSR count). The van der Waals surface area contributed by atoms with Crippen molar-refractivity contribution in [2.45, 2.75) is 38.3 Å². The van der Waals surface area contributed by atoms with Gasteiger partial charge in [0.2, 0.25) is 5.91 Å². The van der Waals surface area contributed by atoms with Crippen molar-refractivity contribution in [1.29, 1.82) is 0 Å². The minimum Gasteiger partial charge on any atom is -0.293 e. The first-order valence-electron chi connectivity index (χ1n) is 8.09. The summed E-state index contributed by atoms with van der Waals surface area (Å²) in [5.41, 5.74) is 1.98. The van der Waals surface area contributed by atoms with Crippen molar-refractivity contribution in [2.75, 3.05) is 13.1 Å². The molecule has 1 amide bonds. The zero-order chi connectivity index (χ0) is 15.3. The van der Waals surface area contributed by atoms with E-state index in [1.165, 1.54) is 6.07 Å². The summed E-state index contributed by atoms with van der Waals surface area (Å²) in [5, 5.41) is 6.30. The number of carbonyl (C=O) groups excluding carboxylic acids is 1. The lowest BCUT2D eigenvalue weighted by Gasteiger charge is -2.46. The molecule has 4 nitrogen and oxygen atoms in total. The highest BCUT2D eigenvalue weighted by Crippen LogP contribution is 2.43. The first-order chi connectivity index (χ1) is 10.7. The molecule has 116 valence electrons. The van der Waals surface area contributed by atoms with Crippen LogP contribution in [0.1, 0.15) is 37.8 Å². The van der Waals surface area contributed by atoms with Gasteiger partial charge in [-0.15, -0.1) is 0 Å². The van der Waals surface area contributed by atoms with Crippen molar-refractivity contribution < 1.29 is 9.18 Å². The lowest BCUT2D eigenvalue weighted by molar-refractivity contribution is -0.133. The minimum atomic E-state index is -0.259. The highest BCUT2D eigenvalue weighted by molar-refractivity contribution is 5.97. The zero-order valence-corrected chi connectivity index (χ0v) is 12.7. The molecule has 0 radical (unpaired) electrons. The van der Waals surface area contributed by atoms with Crippen molar-refractivity contribution in [3.63, 3.8) is 0 Å². The Morgan fingerprint density at radius 1 is 1.32 bits per heavy atom. The molecule has 0 saturated carbocycles. The maximum absolute atomic E-state index is 13.7. The number of nitrogens with zero attached hydrogens (tertiary/aromatic N) is 3. The Bertz CT molecular complexity index is 637. The van der Waals surface area contributed by atoms with Crippen LogP contribution in [-0.2, 0) is 4.79 Å². The second-order valence-electron chi connectivity index (χ2n) is 6.37. The van der Waals surface area contributed by atoms with Crippen molar-refractivity contribution in [3.05, 3.63) is 35.6 Å². The summed E-state index contributed by atoms with van der Waals surface area (Å²) in [6.07, 6.45) is 2.67. The Labute approximate surface area is 129 Å². The van der Waals surface area contributed by atoms with Gasteiger partial charge in [0.05, 0.1) is 11.8 Å². The number of hydrazone groups is 1. The summed E-state index contributed by atoms with van der Waals surface area (Å²) in [6, 6.07) is 6.56.